The van der Waals surface area contributed by atoms with Gasteiger partial charge in [-0.1, -0.05) is 31.2 Å². The molecule has 0 saturated carbocycles. The molecule has 1 unspecified atom stereocenters. The first-order valence-corrected chi connectivity index (χ1v) is 9.25. The van der Waals surface area contributed by atoms with Crippen LogP contribution in [0.5, 0.6) is 0 Å². The maximum atomic E-state index is 11.1. The summed E-state index contributed by atoms with van der Waals surface area (Å²) in [5.41, 5.74) is 0.712. The van der Waals surface area contributed by atoms with E-state index in [4.69, 9.17) is 0 Å². The number of hydrogen-bond acceptors (Lipinski definition) is 4. The summed E-state index contributed by atoms with van der Waals surface area (Å²) < 4.78 is 0. The van der Waals surface area contributed by atoms with Crippen molar-refractivity contribution < 1.29 is 4.92 Å². The molecule has 0 fully saturated rings. The van der Waals surface area contributed by atoms with E-state index in [2.05, 4.69) is 40.1 Å². The van der Waals surface area contributed by atoms with Gasteiger partial charge in [-0.25, -0.2) is 4.99 Å². The number of hydrogen-bond donors (Lipinski definition) is 2. The normalized spacial score (nSPS) is 12.6. The second kappa shape index (κ2) is 9.78. The van der Waals surface area contributed by atoms with E-state index < -0.39 is 0 Å². The van der Waals surface area contributed by atoms with E-state index >= 15 is 0 Å². The summed E-state index contributed by atoms with van der Waals surface area (Å²) in [7, 11) is 0. The second-order valence-electron chi connectivity index (χ2n) is 5.85. The largest absolute Gasteiger partial charge is 0.357 e. The van der Waals surface area contributed by atoms with Crippen LogP contribution in [0.1, 0.15) is 24.3 Å². The molecule has 25 heavy (non-hydrogen) atoms. The first-order valence-electron chi connectivity index (χ1n) is 8.37. The van der Waals surface area contributed by atoms with E-state index in [-0.39, 0.29) is 17.2 Å². The molecule has 6 nitrogen and oxygen atoms in total. The average Bonchev–Trinajstić information content (AvgIpc) is 3.10. The zero-order chi connectivity index (χ0) is 18.1. The van der Waals surface area contributed by atoms with E-state index in [1.54, 1.807) is 29.5 Å². The van der Waals surface area contributed by atoms with Crippen molar-refractivity contribution in [1.29, 1.82) is 0 Å². The molecule has 2 aromatic rings. The summed E-state index contributed by atoms with van der Waals surface area (Å²) in [5.74, 6) is 1.15. The fourth-order valence-corrected chi connectivity index (χ4v) is 3.31. The smallest absolute Gasteiger partial charge is 0.274 e. The Kier molecular flexibility index (Phi) is 7.40. The van der Waals surface area contributed by atoms with Crippen molar-refractivity contribution >= 4 is 23.0 Å². The summed E-state index contributed by atoms with van der Waals surface area (Å²) in [5, 5.41) is 19.7. The van der Waals surface area contributed by atoms with Gasteiger partial charge in [0.15, 0.2) is 5.96 Å². The summed E-state index contributed by atoms with van der Waals surface area (Å²) in [6, 6.07) is 10.9. The molecule has 1 heterocycles. The molecule has 1 aromatic carbocycles. The number of nitro benzene ring substituents is 1. The number of aliphatic imine (C=N–C) groups is 1. The number of rotatable bonds is 8. The maximum absolute atomic E-state index is 11.1. The molecule has 2 rings (SSSR count). The molecule has 0 radical (unpaired) electrons. The minimum absolute atomic E-state index is 0.105. The zero-order valence-corrected chi connectivity index (χ0v) is 15.4. The number of benzene rings is 1. The second-order valence-corrected chi connectivity index (χ2v) is 6.88. The lowest BCUT2D eigenvalue weighted by Crippen LogP contribution is -2.39. The van der Waals surface area contributed by atoms with Crippen LogP contribution in [0.15, 0.2) is 46.8 Å². The molecular formula is C18H24N4O2S. The van der Waals surface area contributed by atoms with Crippen LogP contribution in [0.2, 0.25) is 0 Å². The molecule has 2 N–H and O–H groups in total. The fraction of sp³-hybridized carbons (Fsp3) is 0.389. The van der Waals surface area contributed by atoms with E-state index in [1.165, 1.54) is 10.9 Å². The third-order valence-electron chi connectivity index (χ3n) is 3.69. The first kappa shape index (κ1) is 18.9. The Balaban J connectivity index is 1.95. The van der Waals surface area contributed by atoms with E-state index in [0.717, 1.165) is 19.5 Å². The highest BCUT2D eigenvalue weighted by Gasteiger charge is 2.12. The average molecular weight is 360 g/mol. The SMILES string of the molecule is CCNC(=NCc1ccccc1[N+](=O)[O-])NCC(C)Cc1cccs1. The van der Waals surface area contributed by atoms with Crippen molar-refractivity contribution in [2.45, 2.75) is 26.8 Å². The zero-order valence-electron chi connectivity index (χ0n) is 14.6. The minimum Gasteiger partial charge on any atom is -0.357 e. The maximum Gasteiger partial charge on any atom is 0.274 e. The Labute approximate surface area is 152 Å². The minimum atomic E-state index is -0.367. The molecule has 0 aliphatic heterocycles. The van der Waals surface area contributed by atoms with Gasteiger partial charge in [-0.3, -0.25) is 10.1 Å². The van der Waals surface area contributed by atoms with Crippen LogP contribution in [0, 0.1) is 16.0 Å². The number of nitrogens with one attached hydrogen (secondary N) is 2. The Bertz CT molecular complexity index is 701. The number of guanidine groups is 1. The predicted octanol–water partition coefficient (Wildman–Crippen LogP) is 3.59. The van der Waals surface area contributed by atoms with Crippen LogP contribution >= 0.6 is 11.3 Å². The fourth-order valence-electron chi connectivity index (χ4n) is 2.44. The molecule has 0 aliphatic rings. The highest BCUT2D eigenvalue weighted by molar-refractivity contribution is 7.09. The summed E-state index contributed by atoms with van der Waals surface area (Å²) in [6.45, 7) is 5.99. The third kappa shape index (κ3) is 6.19. The van der Waals surface area contributed by atoms with Crippen molar-refractivity contribution in [2.24, 2.45) is 10.9 Å². The lowest BCUT2D eigenvalue weighted by Gasteiger charge is -2.15. The van der Waals surface area contributed by atoms with Gasteiger partial charge in [0.25, 0.3) is 5.69 Å². The number of nitrogens with zero attached hydrogens (tertiary/aromatic N) is 2. The van der Waals surface area contributed by atoms with Crippen LogP contribution in [-0.4, -0.2) is 24.0 Å². The van der Waals surface area contributed by atoms with Crippen LogP contribution in [0.25, 0.3) is 0 Å². The Hall–Kier alpha value is -2.41. The number of para-hydroxylation sites is 1. The van der Waals surface area contributed by atoms with Crippen LogP contribution in [0.4, 0.5) is 5.69 Å². The predicted molar refractivity (Wildman–Crippen MR) is 103 cm³/mol. The Morgan fingerprint density at radius 3 is 2.76 bits per heavy atom. The summed E-state index contributed by atoms with van der Waals surface area (Å²) in [4.78, 5) is 16.6. The Morgan fingerprint density at radius 2 is 2.08 bits per heavy atom. The van der Waals surface area contributed by atoms with E-state index in [9.17, 15) is 10.1 Å². The monoisotopic (exact) mass is 360 g/mol. The summed E-state index contributed by atoms with van der Waals surface area (Å²) in [6.07, 6.45) is 1.02. The van der Waals surface area contributed by atoms with Gasteiger partial charge >= 0.3 is 0 Å². The van der Waals surface area contributed by atoms with Crippen molar-refractivity contribution in [3.8, 4) is 0 Å². The molecule has 134 valence electrons. The third-order valence-corrected chi connectivity index (χ3v) is 4.59. The highest BCUT2D eigenvalue weighted by Crippen LogP contribution is 2.18. The van der Waals surface area contributed by atoms with Crippen molar-refractivity contribution in [1.82, 2.24) is 10.6 Å². The summed E-state index contributed by atoms with van der Waals surface area (Å²) >= 11 is 1.77. The molecule has 7 heteroatoms. The van der Waals surface area contributed by atoms with Gasteiger partial charge in [0.1, 0.15) is 0 Å². The van der Waals surface area contributed by atoms with Crippen molar-refractivity contribution in [3.05, 3.63) is 62.3 Å². The van der Waals surface area contributed by atoms with Crippen LogP contribution < -0.4 is 10.6 Å². The number of nitro groups is 1. The molecule has 0 saturated heterocycles. The van der Waals surface area contributed by atoms with Gasteiger partial charge in [0.05, 0.1) is 17.0 Å². The van der Waals surface area contributed by atoms with Crippen molar-refractivity contribution in [2.75, 3.05) is 13.1 Å². The van der Waals surface area contributed by atoms with Gasteiger partial charge in [-0.15, -0.1) is 11.3 Å². The molecule has 1 aromatic heterocycles. The van der Waals surface area contributed by atoms with E-state index in [0.29, 0.717) is 17.4 Å². The lowest BCUT2D eigenvalue weighted by molar-refractivity contribution is -0.385. The van der Waals surface area contributed by atoms with Gasteiger partial charge in [-0.05, 0) is 30.7 Å². The van der Waals surface area contributed by atoms with Gasteiger partial charge < -0.3 is 10.6 Å². The quantitative estimate of drug-likeness (QED) is 0.326. The first-order chi connectivity index (χ1) is 12.1. The van der Waals surface area contributed by atoms with E-state index in [1.807, 2.05) is 6.92 Å². The van der Waals surface area contributed by atoms with Crippen LogP contribution in [0.3, 0.4) is 0 Å². The van der Waals surface area contributed by atoms with Crippen LogP contribution in [-0.2, 0) is 13.0 Å². The molecule has 0 spiro atoms. The molecule has 0 aliphatic carbocycles. The van der Waals surface area contributed by atoms with Gasteiger partial charge in [0, 0.05) is 24.0 Å². The Morgan fingerprint density at radius 1 is 1.28 bits per heavy atom. The highest BCUT2D eigenvalue weighted by atomic mass is 32.1. The molecule has 0 bridgehead atoms. The molecule has 1 atom stereocenters. The lowest BCUT2D eigenvalue weighted by atomic mass is 10.1. The molecular weight excluding hydrogens is 336 g/mol. The van der Waals surface area contributed by atoms with Crippen molar-refractivity contribution in [3.63, 3.8) is 0 Å². The topological polar surface area (TPSA) is 79.6 Å². The van der Waals surface area contributed by atoms with Gasteiger partial charge in [-0.2, -0.15) is 0 Å². The number of thiophene rings is 1. The van der Waals surface area contributed by atoms with Gasteiger partial charge in [0.2, 0.25) is 0 Å². The standard InChI is InChI=1S/C18H24N4O2S/c1-3-19-18(20-12-14(2)11-16-8-6-10-25-16)21-13-15-7-4-5-9-17(15)22(23)24/h4-10,14H,3,11-13H2,1-2H3,(H2,19,20,21). The molecule has 0 amide bonds.